The molecule has 0 fully saturated rings. The van der Waals surface area contributed by atoms with E-state index in [1.807, 2.05) is 30.0 Å². The van der Waals surface area contributed by atoms with E-state index < -0.39 is 0 Å². The van der Waals surface area contributed by atoms with Gasteiger partial charge in [0.25, 0.3) is 0 Å². The molecular formula is C16H25NO2. The molecule has 0 aliphatic heterocycles. The van der Waals surface area contributed by atoms with Gasteiger partial charge in [-0.1, -0.05) is 31.5 Å². The van der Waals surface area contributed by atoms with Crippen molar-refractivity contribution >= 4 is 5.91 Å². The molecule has 3 nitrogen and oxygen atoms in total. The molecule has 0 bridgehead atoms. The van der Waals surface area contributed by atoms with Gasteiger partial charge in [-0.25, -0.2) is 0 Å². The number of ether oxygens (including phenoxy) is 1. The van der Waals surface area contributed by atoms with Crippen LogP contribution in [0.25, 0.3) is 0 Å². The van der Waals surface area contributed by atoms with E-state index in [0.717, 1.165) is 42.8 Å². The van der Waals surface area contributed by atoms with E-state index in [4.69, 9.17) is 4.74 Å². The maximum atomic E-state index is 12.3. The zero-order valence-electron chi connectivity index (χ0n) is 12.5. The third-order valence-electron chi connectivity index (χ3n) is 3.12. The summed E-state index contributed by atoms with van der Waals surface area (Å²) in [5.41, 5.74) is 2.13. The van der Waals surface area contributed by atoms with Crippen LogP contribution in [0, 0.1) is 6.92 Å². The number of benzene rings is 1. The number of methoxy groups -OCH3 is 1. The topological polar surface area (TPSA) is 29.5 Å². The number of rotatable bonds is 7. The molecule has 0 radical (unpaired) electrons. The van der Waals surface area contributed by atoms with Crippen molar-refractivity contribution < 1.29 is 9.53 Å². The van der Waals surface area contributed by atoms with Gasteiger partial charge in [-0.05, 0) is 25.8 Å². The van der Waals surface area contributed by atoms with E-state index in [1.165, 1.54) is 0 Å². The van der Waals surface area contributed by atoms with Crippen molar-refractivity contribution in [3.8, 4) is 5.75 Å². The first-order chi connectivity index (χ1) is 9.12. The Morgan fingerprint density at radius 3 is 2.37 bits per heavy atom. The molecule has 1 amide bonds. The molecule has 1 aromatic rings. The molecule has 3 heteroatoms. The second-order valence-corrected chi connectivity index (χ2v) is 4.87. The number of nitrogens with zero attached hydrogens (tertiary/aromatic N) is 1. The average Bonchev–Trinajstić information content (AvgIpc) is 2.38. The fraction of sp³-hybridized carbons (Fsp3) is 0.562. The van der Waals surface area contributed by atoms with Crippen molar-refractivity contribution in [1.29, 1.82) is 0 Å². The maximum absolute atomic E-state index is 12.3. The number of amides is 1. The number of hydrogen-bond acceptors (Lipinski definition) is 2. The van der Waals surface area contributed by atoms with Gasteiger partial charge in [-0.3, -0.25) is 4.79 Å². The van der Waals surface area contributed by atoms with Crippen molar-refractivity contribution in [1.82, 2.24) is 4.90 Å². The van der Waals surface area contributed by atoms with E-state index in [9.17, 15) is 4.79 Å². The van der Waals surface area contributed by atoms with Crippen molar-refractivity contribution in [3.05, 3.63) is 29.3 Å². The van der Waals surface area contributed by atoms with Crippen molar-refractivity contribution in [2.45, 2.75) is 40.0 Å². The molecule has 19 heavy (non-hydrogen) atoms. The molecule has 1 rings (SSSR count). The Morgan fingerprint density at radius 1 is 1.21 bits per heavy atom. The SMILES string of the molecule is CCCN(CCC)C(=O)Cc1cc(C)ccc1OC. The second kappa shape index (κ2) is 7.82. The quantitative estimate of drug-likeness (QED) is 0.756. The summed E-state index contributed by atoms with van der Waals surface area (Å²) >= 11 is 0. The van der Waals surface area contributed by atoms with Crippen molar-refractivity contribution in [2.24, 2.45) is 0 Å². The Bertz CT molecular complexity index is 409. The summed E-state index contributed by atoms with van der Waals surface area (Å²) in [5, 5.41) is 0. The van der Waals surface area contributed by atoms with Crippen LogP contribution >= 0.6 is 0 Å². The molecule has 0 N–H and O–H groups in total. The standard InChI is InChI=1S/C16H25NO2/c1-5-9-17(10-6-2)16(18)12-14-11-13(3)7-8-15(14)19-4/h7-8,11H,5-6,9-10,12H2,1-4H3. The van der Waals surface area contributed by atoms with Crippen molar-refractivity contribution in [3.63, 3.8) is 0 Å². The Kier molecular flexibility index (Phi) is 6.40. The normalized spacial score (nSPS) is 10.3. The fourth-order valence-electron chi connectivity index (χ4n) is 2.22. The van der Waals surface area contributed by atoms with Crippen LogP contribution in [0.2, 0.25) is 0 Å². The predicted molar refractivity (Wildman–Crippen MR) is 78.6 cm³/mol. The number of hydrogen-bond donors (Lipinski definition) is 0. The molecule has 0 spiro atoms. The molecule has 1 aromatic carbocycles. The van der Waals surface area contributed by atoms with Crippen LogP contribution in [-0.2, 0) is 11.2 Å². The zero-order chi connectivity index (χ0) is 14.3. The van der Waals surface area contributed by atoms with E-state index in [2.05, 4.69) is 13.8 Å². The lowest BCUT2D eigenvalue weighted by atomic mass is 10.1. The zero-order valence-corrected chi connectivity index (χ0v) is 12.5. The van der Waals surface area contributed by atoms with E-state index in [-0.39, 0.29) is 5.91 Å². The number of carbonyl (C=O) groups is 1. The summed E-state index contributed by atoms with van der Waals surface area (Å²) in [6.07, 6.45) is 2.41. The highest BCUT2D eigenvalue weighted by atomic mass is 16.5. The van der Waals surface area contributed by atoms with Crippen LogP contribution < -0.4 is 4.74 Å². The Morgan fingerprint density at radius 2 is 1.84 bits per heavy atom. The lowest BCUT2D eigenvalue weighted by Crippen LogP contribution is -2.33. The Labute approximate surface area is 116 Å². The van der Waals surface area contributed by atoms with Crippen LogP contribution in [0.4, 0.5) is 0 Å². The molecule has 0 saturated carbocycles. The summed E-state index contributed by atoms with van der Waals surface area (Å²) in [7, 11) is 1.65. The first-order valence-corrected chi connectivity index (χ1v) is 7.03. The molecule has 0 aliphatic carbocycles. The van der Waals surface area contributed by atoms with E-state index in [1.54, 1.807) is 7.11 Å². The minimum Gasteiger partial charge on any atom is -0.496 e. The van der Waals surface area contributed by atoms with Gasteiger partial charge in [0, 0.05) is 18.7 Å². The molecule has 0 saturated heterocycles. The molecule has 0 aliphatic rings. The lowest BCUT2D eigenvalue weighted by Gasteiger charge is -2.22. The molecule has 0 atom stereocenters. The first-order valence-electron chi connectivity index (χ1n) is 7.03. The summed E-state index contributed by atoms with van der Waals surface area (Å²) in [5.74, 6) is 0.986. The smallest absolute Gasteiger partial charge is 0.227 e. The first kappa shape index (κ1) is 15.5. The van der Waals surface area contributed by atoms with Crippen LogP contribution in [0.3, 0.4) is 0 Å². The fourth-order valence-corrected chi connectivity index (χ4v) is 2.22. The van der Waals surface area contributed by atoms with E-state index >= 15 is 0 Å². The van der Waals surface area contributed by atoms with E-state index in [0.29, 0.717) is 6.42 Å². The van der Waals surface area contributed by atoms with Crippen LogP contribution in [0.1, 0.15) is 37.8 Å². The molecule has 106 valence electrons. The lowest BCUT2D eigenvalue weighted by molar-refractivity contribution is -0.130. The van der Waals surface area contributed by atoms with Crippen LogP contribution in [0.5, 0.6) is 5.75 Å². The minimum absolute atomic E-state index is 0.188. The predicted octanol–water partition coefficient (Wildman–Crippen LogP) is 3.19. The van der Waals surface area contributed by atoms with Gasteiger partial charge < -0.3 is 9.64 Å². The highest BCUT2D eigenvalue weighted by Gasteiger charge is 2.15. The van der Waals surface area contributed by atoms with Crippen molar-refractivity contribution in [2.75, 3.05) is 20.2 Å². The highest BCUT2D eigenvalue weighted by molar-refractivity contribution is 5.79. The summed E-state index contributed by atoms with van der Waals surface area (Å²) in [6.45, 7) is 7.90. The van der Waals surface area contributed by atoms with Gasteiger partial charge >= 0.3 is 0 Å². The average molecular weight is 263 g/mol. The summed E-state index contributed by atoms with van der Waals surface area (Å²) in [6, 6.07) is 5.97. The third-order valence-corrected chi connectivity index (χ3v) is 3.12. The summed E-state index contributed by atoms with van der Waals surface area (Å²) in [4.78, 5) is 14.3. The summed E-state index contributed by atoms with van der Waals surface area (Å²) < 4.78 is 5.33. The molecule has 0 unspecified atom stereocenters. The largest absolute Gasteiger partial charge is 0.496 e. The van der Waals surface area contributed by atoms with Gasteiger partial charge in [0.1, 0.15) is 5.75 Å². The van der Waals surface area contributed by atoms with Gasteiger partial charge in [0.2, 0.25) is 5.91 Å². The van der Waals surface area contributed by atoms with Gasteiger partial charge in [0.15, 0.2) is 0 Å². The maximum Gasteiger partial charge on any atom is 0.227 e. The molecular weight excluding hydrogens is 238 g/mol. The van der Waals surface area contributed by atoms with Crippen LogP contribution in [-0.4, -0.2) is 31.0 Å². The number of aryl methyl sites for hydroxylation is 1. The Hall–Kier alpha value is -1.51. The van der Waals surface area contributed by atoms with Gasteiger partial charge in [0.05, 0.1) is 13.5 Å². The molecule has 0 heterocycles. The Balaban J connectivity index is 2.82. The minimum atomic E-state index is 0.188. The molecule has 0 aromatic heterocycles. The number of carbonyl (C=O) groups excluding carboxylic acids is 1. The monoisotopic (exact) mass is 263 g/mol. The highest BCUT2D eigenvalue weighted by Crippen LogP contribution is 2.20. The van der Waals surface area contributed by atoms with Gasteiger partial charge in [-0.2, -0.15) is 0 Å². The second-order valence-electron chi connectivity index (χ2n) is 4.87. The van der Waals surface area contributed by atoms with Crippen LogP contribution in [0.15, 0.2) is 18.2 Å². The third kappa shape index (κ3) is 4.58. The van der Waals surface area contributed by atoms with Gasteiger partial charge in [-0.15, -0.1) is 0 Å².